The second-order valence-corrected chi connectivity index (χ2v) is 4.90. The van der Waals surface area contributed by atoms with Crippen molar-refractivity contribution in [1.82, 2.24) is 10.2 Å². The van der Waals surface area contributed by atoms with Gasteiger partial charge in [0, 0.05) is 13.1 Å². The van der Waals surface area contributed by atoms with E-state index in [0.717, 1.165) is 45.3 Å². The van der Waals surface area contributed by atoms with Gasteiger partial charge in [-0.2, -0.15) is 0 Å². The maximum absolute atomic E-state index is 12.2. The molecule has 0 saturated carbocycles. The summed E-state index contributed by atoms with van der Waals surface area (Å²) in [6, 6.07) is 0.0534. The number of amides is 1. The zero-order chi connectivity index (χ0) is 11.4. The topological polar surface area (TPSA) is 32.3 Å². The first-order chi connectivity index (χ1) is 7.81. The van der Waals surface area contributed by atoms with Gasteiger partial charge in [-0.25, -0.2) is 0 Å². The molecule has 3 nitrogen and oxygen atoms in total. The summed E-state index contributed by atoms with van der Waals surface area (Å²) in [7, 11) is 0. The van der Waals surface area contributed by atoms with E-state index in [1.807, 2.05) is 4.90 Å². The number of hydrogen-bond acceptors (Lipinski definition) is 2. The quantitative estimate of drug-likeness (QED) is 0.790. The lowest BCUT2D eigenvalue weighted by Gasteiger charge is -2.33. The van der Waals surface area contributed by atoms with E-state index in [0.29, 0.717) is 12.3 Å². The number of carbonyl (C=O) groups is 1. The molecule has 0 aromatic rings. The van der Waals surface area contributed by atoms with Crippen molar-refractivity contribution in [2.24, 2.45) is 5.92 Å². The zero-order valence-corrected chi connectivity index (χ0v) is 9.75. The molecule has 0 aromatic carbocycles. The van der Waals surface area contributed by atoms with Gasteiger partial charge in [0.05, 0.1) is 12.7 Å². The number of likely N-dealkylation sites (tertiary alicyclic amines) is 1. The van der Waals surface area contributed by atoms with Crippen molar-refractivity contribution in [2.75, 3.05) is 26.3 Å². The van der Waals surface area contributed by atoms with Crippen LogP contribution in [0.5, 0.6) is 0 Å². The Labute approximate surface area is 96.4 Å². The fraction of sp³-hybridized carbons (Fsp3) is 0.917. The van der Waals surface area contributed by atoms with Gasteiger partial charge in [0.25, 0.3) is 0 Å². The molecule has 2 fully saturated rings. The van der Waals surface area contributed by atoms with Crippen LogP contribution in [0.1, 0.15) is 32.1 Å². The minimum atomic E-state index is -0.219. The van der Waals surface area contributed by atoms with Crippen LogP contribution in [0.4, 0.5) is 4.39 Å². The lowest BCUT2D eigenvalue weighted by molar-refractivity contribution is -0.134. The molecule has 1 atom stereocenters. The summed E-state index contributed by atoms with van der Waals surface area (Å²) in [6.45, 7) is 2.39. The molecule has 1 N–H and O–H groups in total. The number of halogens is 1. The number of hydrogen-bond donors (Lipinski definition) is 1. The summed E-state index contributed by atoms with van der Waals surface area (Å²) in [5.74, 6) is 0.752. The van der Waals surface area contributed by atoms with Crippen LogP contribution in [-0.2, 0) is 4.79 Å². The monoisotopic (exact) mass is 228 g/mol. The van der Waals surface area contributed by atoms with Crippen molar-refractivity contribution >= 4 is 5.91 Å². The van der Waals surface area contributed by atoms with Gasteiger partial charge in [0.1, 0.15) is 0 Å². The highest BCUT2D eigenvalue weighted by Gasteiger charge is 2.29. The lowest BCUT2D eigenvalue weighted by Crippen LogP contribution is -2.47. The van der Waals surface area contributed by atoms with Crippen LogP contribution in [0.2, 0.25) is 0 Å². The first-order valence-corrected chi connectivity index (χ1v) is 6.39. The summed E-state index contributed by atoms with van der Waals surface area (Å²) in [6.07, 6.45) is 4.70. The Bertz CT molecular complexity index is 233. The number of rotatable bonds is 3. The van der Waals surface area contributed by atoms with Crippen LogP contribution in [0, 0.1) is 5.92 Å². The summed E-state index contributed by atoms with van der Waals surface area (Å²) in [5, 5.41) is 3.24. The molecule has 0 aliphatic carbocycles. The fourth-order valence-electron chi connectivity index (χ4n) is 2.71. The minimum Gasteiger partial charge on any atom is -0.341 e. The Morgan fingerprint density at radius 1 is 1.31 bits per heavy atom. The average Bonchev–Trinajstić information content (AvgIpc) is 2.83. The third-order valence-electron chi connectivity index (χ3n) is 3.80. The van der Waals surface area contributed by atoms with Crippen molar-refractivity contribution in [3.8, 4) is 0 Å². The van der Waals surface area contributed by atoms with Crippen molar-refractivity contribution in [3.05, 3.63) is 0 Å². The van der Waals surface area contributed by atoms with Crippen molar-refractivity contribution in [1.29, 1.82) is 0 Å². The van der Waals surface area contributed by atoms with Gasteiger partial charge in [-0.15, -0.1) is 0 Å². The van der Waals surface area contributed by atoms with Crippen LogP contribution in [-0.4, -0.2) is 43.2 Å². The van der Waals surface area contributed by atoms with Crippen LogP contribution in [0.25, 0.3) is 0 Å². The smallest absolute Gasteiger partial charge is 0.239 e. The molecule has 2 rings (SSSR count). The molecule has 2 aliphatic heterocycles. The van der Waals surface area contributed by atoms with E-state index in [2.05, 4.69) is 5.32 Å². The van der Waals surface area contributed by atoms with Gasteiger partial charge >= 0.3 is 0 Å². The number of alkyl halides is 1. The van der Waals surface area contributed by atoms with Crippen LogP contribution in [0.3, 0.4) is 0 Å². The Kier molecular flexibility index (Phi) is 4.16. The molecule has 1 amide bonds. The first kappa shape index (κ1) is 11.8. The molecule has 4 heteroatoms. The van der Waals surface area contributed by atoms with E-state index in [1.165, 1.54) is 0 Å². The Morgan fingerprint density at radius 3 is 2.62 bits per heavy atom. The summed E-state index contributed by atoms with van der Waals surface area (Å²) in [4.78, 5) is 14.0. The standard InChI is InChI=1S/C12H21FN2O/c13-6-3-10-4-8-15(9-5-10)12(16)11-2-1-7-14-11/h10-11,14H,1-9H2/t11-/m0/s1. The maximum Gasteiger partial charge on any atom is 0.239 e. The maximum atomic E-state index is 12.2. The normalized spacial score (nSPS) is 27.3. The van der Waals surface area contributed by atoms with Gasteiger partial charge in [-0.05, 0) is 44.6 Å². The van der Waals surface area contributed by atoms with Gasteiger partial charge in [-0.3, -0.25) is 9.18 Å². The van der Waals surface area contributed by atoms with Gasteiger partial charge in [-0.1, -0.05) is 0 Å². The Morgan fingerprint density at radius 2 is 2.06 bits per heavy atom. The van der Waals surface area contributed by atoms with Gasteiger partial charge < -0.3 is 10.2 Å². The summed E-state index contributed by atoms with van der Waals surface area (Å²) < 4.78 is 12.2. The predicted molar refractivity (Wildman–Crippen MR) is 60.9 cm³/mol. The van der Waals surface area contributed by atoms with Crippen molar-refractivity contribution < 1.29 is 9.18 Å². The Hall–Kier alpha value is -0.640. The molecule has 0 unspecified atom stereocenters. The van der Waals surface area contributed by atoms with E-state index in [-0.39, 0.29) is 18.6 Å². The molecule has 2 saturated heterocycles. The van der Waals surface area contributed by atoms with Crippen LogP contribution < -0.4 is 5.32 Å². The third kappa shape index (κ3) is 2.73. The molecule has 92 valence electrons. The molecular formula is C12H21FN2O. The Balaban J connectivity index is 1.77. The van der Waals surface area contributed by atoms with Gasteiger partial charge in [0.15, 0.2) is 0 Å². The number of nitrogens with one attached hydrogen (secondary N) is 1. The molecule has 2 heterocycles. The van der Waals surface area contributed by atoms with Gasteiger partial charge in [0.2, 0.25) is 5.91 Å². The second-order valence-electron chi connectivity index (χ2n) is 4.90. The van der Waals surface area contributed by atoms with Crippen molar-refractivity contribution in [3.63, 3.8) is 0 Å². The summed E-state index contributed by atoms with van der Waals surface area (Å²) >= 11 is 0. The summed E-state index contributed by atoms with van der Waals surface area (Å²) in [5.41, 5.74) is 0. The third-order valence-corrected chi connectivity index (χ3v) is 3.80. The predicted octanol–water partition coefficient (Wildman–Crippen LogP) is 1.34. The number of nitrogens with zero attached hydrogens (tertiary/aromatic N) is 1. The van der Waals surface area contributed by atoms with Crippen LogP contribution in [0.15, 0.2) is 0 Å². The van der Waals surface area contributed by atoms with Crippen LogP contribution >= 0.6 is 0 Å². The molecule has 0 spiro atoms. The first-order valence-electron chi connectivity index (χ1n) is 6.39. The van der Waals surface area contributed by atoms with E-state index >= 15 is 0 Å². The minimum absolute atomic E-state index is 0.0534. The largest absolute Gasteiger partial charge is 0.341 e. The zero-order valence-electron chi connectivity index (χ0n) is 9.75. The number of carbonyl (C=O) groups excluding carboxylic acids is 1. The SMILES string of the molecule is O=C([C@@H]1CCCN1)N1CCC(CCF)CC1. The highest BCUT2D eigenvalue weighted by molar-refractivity contribution is 5.82. The molecule has 2 aliphatic rings. The van der Waals surface area contributed by atoms with Crippen molar-refractivity contribution in [2.45, 2.75) is 38.1 Å². The number of piperidine rings is 1. The molecule has 0 bridgehead atoms. The highest BCUT2D eigenvalue weighted by Crippen LogP contribution is 2.21. The average molecular weight is 228 g/mol. The van der Waals surface area contributed by atoms with E-state index < -0.39 is 0 Å². The second kappa shape index (κ2) is 5.62. The highest BCUT2D eigenvalue weighted by atomic mass is 19.1. The molecule has 0 aromatic heterocycles. The van der Waals surface area contributed by atoms with E-state index in [4.69, 9.17) is 0 Å². The van der Waals surface area contributed by atoms with E-state index in [9.17, 15) is 9.18 Å². The molecular weight excluding hydrogens is 207 g/mol. The fourth-order valence-corrected chi connectivity index (χ4v) is 2.71. The van der Waals surface area contributed by atoms with E-state index in [1.54, 1.807) is 0 Å². The lowest BCUT2D eigenvalue weighted by atomic mass is 9.94. The molecule has 0 radical (unpaired) electrons. The molecule has 16 heavy (non-hydrogen) atoms.